The van der Waals surface area contributed by atoms with E-state index in [4.69, 9.17) is 14.2 Å². The predicted octanol–water partition coefficient (Wildman–Crippen LogP) is 2.85. The first-order chi connectivity index (χ1) is 16.5. The predicted molar refractivity (Wildman–Crippen MR) is 127 cm³/mol. The van der Waals surface area contributed by atoms with Crippen LogP contribution in [0.1, 0.15) is 24.1 Å². The zero-order chi connectivity index (χ0) is 24.1. The number of aliphatic hydroxyl groups excluding tert-OH is 1. The monoisotopic (exact) mass is 466 g/mol. The number of carbonyl (C=O) groups is 2. The van der Waals surface area contributed by atoms with E-state index in [0.717, 1.165) is 13.1 Å². The summed E-state index contributed by atoms with van der Waals surface area (Å²) in [5.74, 6) is -0.246. The number of benzene rings is 2. The lowest BCUT2D eigenvalue weighted by Crippen LogP contribution is -2.42. The largest absolute Gasteiger partial charge is 0.507 e. The minimum Gasteiger partial charge on any atom is -0.507 e. The molecule has 2 aromatic rings. The molecule has 0 aromatic heterocycles. The van der Waals surface area contributed by atoms with Gasteiger partial charge in [0, 0.05) is 31.7 Å². The van der Waals surface area contributed by atoms with Gasteiger partial charge in [0.2, 0.25) is 0 Å². The van der Waals surface area contributed by atoms with Crippen LogP contribution in [0.5, 0.6) is 11.5 Å². The highest BCUT2D eigenvalue weighted by Crippen LogP contribution is 2.40. The Morgan fingerprint density at radius 2 is 1.79 bits per heavy atom. The summed E-state index contributed by atoms with van der Waals surface area (Å²) in [6, 6.07) is 13.4. The molecule has 8 heteroatoms. The average Bonchev–Trinajstić information content (AvgIpc) is 3.13. The first-order valence-electron chi connectivity index (χ1n) is 11.5. The van der Waals surface area contributed by atoms with Crippen LogP contribution in [-0.4, -0.2) is 79.7 Å². The molecule has 2 aliphatic rings. The molecular weight excluding hydrogens is 436 g/mol. The number of ether oxygens (including phenoxy) is 3. The van der Waals surface area contributed by atoms with E-state index in [1.54, 1.807) is 48.4 Å². The lowest BCUT2D eigenvalue weighted by atomic mass is 9.95. The summed E-state index contributed by atoms with van der Waals surface area (Å²) in [5, 5.41) is 11.2. The summed E-state index contributed by atoms with van der Waals surface area (Å²) < 4.78 is 16.3. The van der Waals surface area contributed by atoms with Crippen molar-refractivity contribution in [2.24, 2.45) is 0 Å². The topological polar surface area (TPSA) is 88.5 Å². The lowest BCUT2D eigenvalue weighted by Gasteiger charge is -2.31. The fraction of sp³-hybridized carbons (Fsp3) is 0.385. The van der Waals surface area contributed by atoms with Crippen LogP contribution in [0, 0.1) is 0 Å². The van der Waals surface area contributed by atoms with E-state index in [1.165, 1.54) is 0 Å². The number of likely N-dealkylation sites (tertiary alicyclic amines) is 1. The van der Waals surface area contributed by atoms with E-state index >= 15 is 0 Å². The molecule has 0 aliphatic carbocycles. The molecule has 0 spiro atoms. The van der Waals surface area contributed by atoms with E-state index in [0.29, 0.717) is 55.5 Å². The highest BCUT2D eigenvalue weighted by molar-refractivity contribution is 6.46. The summed E-state index contributed by atoms with van der Waals surface area (Å²) in [5.41, 5.74) is 1.22. The molecule has 2 aliphatic heterocycles. The van der Waals surface area contributed by atoms with Crippen LogP contribution >= 0.6 is 0 Å². The van der Waals surface area contributed by atoms with Gasteiger partial charge < -0.3 is 24.2 Å². The Labute approximate surface area is 199 Å². The Balaban J connectivity index is 1.72. The molecule has 0 saturated carbocycles. The van der Waals surface area contributed by atoms with E-state index in [9.17, 15) is 14.7 Å². The van der Waals surface area contributed by atoms with Crippen molar-refractivity contribution in [1.82, 2.24) is 9.80 Å². The summed E-state index contributed by atoms with van der Waals surface area (Å²) in [4.78, 5) is 30.1. The second-order valence-electron chi connectivity index (χ2n) is 8.18. The average molecular weight is 467 g/mol. The molecule has 2 saturated heterocycles. The number of hydrogen-bond acceptors (Lipinski definition) is 7. The number of amides is 1. The minimum absolute atomic E-state index is 0.0735. The molecule has 0 radical (unpaired) electrons. The first kappa shape index (κ1) is 23.8. The smallest absolute Gasteiger partial charge is 0.295 e. The van der Waals surface area contributed by atoms with Crippen LogP contribution in [0.2, 0.25) is 0 Å². The maximum Gasteiger partial charge on any atom is 0.295 e. The maximum atomic E-state index is 13.2. The van der Waals surface area contributed by atoms with Gasteiger partial charge in [-0.2, -0.15) is 0 Å². The van der Waals surface area contributed by atoms with Crippen molar-refractivity contribution in [1.29, 1.82) is 0 Å². The Hall–Kier alpha value is -3.36. The van der Waals surface area contributed by atoms with Crippen molar-refractivity contribution < 1.29 is 28.9 Å². The van der Waals surface area contributed by atoms with Gasteiger partial charge in [-0.1, -0.05) is 12.1 Å². The van der Waals surface area contributed by atoms with Crippen molar-refractivity contribution in [2.45, 2.75) is 13.0 Å². The molecule has 4 rings (SSSR count). The number of ketones is 1. The number of carbonyl (C=O) groups excluding carboxylic acids is 2. The van der Waals surface area contributed by atoms with Gasteiger partial charge in [0.05, 0.1) is 38.5 Å². The first-order valence-corrected chi connectivity index (χ1v) is 11.5. The van der Waals surface area contributed by atoms with Gasteiger partial charge >= 0.3 is 0 Å². The number of Topliss-reactive ketones (excluding diaryl/α,β-unsaturated/α-hetero) is 1. The van der Waals surface area contributed by atoms with E-state index in [-0.39, 0.29) is 11.3 Å². The highest BCUT2D eigenvalue weighted by Gasteiger charge is 2.46. The Bertz CT molecular complexity index is 1060. The minimum atomic E-state index is -0.720. The summed E-state index contributed by atoms with van der Waals surface area (Å²) in [6.07, 6.45) is 0. The van der Waals surface area contributed by atoms with Crippen LogP contribution in [0.4, 0.5) is 0 Å². The maximum absolute atomic E-state index is 13.2. The molecule has 34 heavy (non-hydrogen) atoms. The molecule has 2 aromatic carbocycles. The fourth-order valence-corrected chi connectivity index (χ4v) is 4.37. The SMILES string of the molecule is CCOc1ccc(C(O)=C2C(=O)C(=O)N(CCN3CCOCC3)[C@H]2c2cccc(OC)c2)cc1. The van der Waals surface area contributed by atoms with Gasteiger partial charge in [0.1, 0.15) is 17.3 Å². The van der Waals surface area contributed by atoms with Crippen molar-refractivity contribution in [3.8, 4) is 11.5 Å². The van der Waals surface area contributed by atoms with E-state index < -0.39 is 17.7 Å². The molecular formula is C26H30N2O6. The van der Waals surface area contributed by atoms with Gasteiger partial charge in [-0.15, -0.1) is 0 Å². The highest BCUT2D eigenvalue weighted by atomic mass is 16.5. The molecule has 0 bridgehead atoms. The Morgan fingerprint density at radius 1 is 1.06 bits per heavy atom. The van der Waals surface area contributed by atoms with E-state index in [2.05, 4.69) is 4.90 Å². The molecule has 8 nitrogen and oxygen atoms in total. The number of rotatable bonds is 8. The quantitative estimate of drug-likeness (QED) is 0.364. The second-order valence-corrected chi connectivity index (χ2v) is 8.18. The number of nitrogens with zero attached hydrogens (tertiary/aromatic N) is 2. The third-order valence-electron chi connectivity index (χ3n) is 6.15. The summed E-state index contributed by atoms with van der Waals surface area (Å²) >= 11 is 0. The van der Waals surface area contributed by atoms with E-state index in [1.807, 2.05) is 19.1 Å². The van der Waals surface area contributed by atoms with Crippen molar-refractivity contribution >= 4 is 17.4 Å². The van der Waals surface area contributed by atoms with Gasteiger partial charge in [0.15, 0.2) is 0 Å². The van der Waals surface area contributed by atoms with Gasteiger partial charge in [-0.05, 0) is 48.9 Å². The standard InChI is InChI=1S/C26H30N2O6/c1-3-34-20-9-7-18(8-10-20)24(29)22-23(19-5-4-6-21(17-19)32-2)28(26(31)25(22)30)12-11-27-13-15-33-16-14-27/h4-10,17,23,29H,3,11-16H2,1-2H3/t23-/m0/s1. The second kappa shape index (κ2) is 10.7. The zero-order valence-electron chi connectivity index (χ0n) is 19.5. The van der Waals surface area contributed by atoms with Crippen molar-refractivity contribution in [3.05, 3.63) is 65.2 Å². The van der Waals surface area contributed by atoms with Gasteiger partial charge in [-0.25, -0.2) is 0 Å². The molecule has 2 fully saturated rings. The molecule has 0 unspecified atom stereocenters. The lowest BCUT2D eigenvalue weighted by molar-refractivity contribution is -0.140. The van der Waals surface area contributed by atoms with Crippen LogP contribution < -0.4 is 9.47 Å². The number of hydrogen-bond donors (Lipinski definition) is 1. The van der Waals surface area contributed by atoms with Crippen LogP contribution in [0.3, 0.4) is 0 Å². The number of aliphatic hydroxyl groups is 1. The third-order valence-corrected chi connectivity index (χ3v) is 6.15. The third kappa shape index (κ3) is 4.93. The fourth-order valence-electron chi connectivity index (χ4n) is 4.37. The normalized spacial score (nSPS) is 20.5. The molecule has 180 valence electrons. The van der Waals surface area contributed by atoms with Crippen LogP contribution in [0.25, 0.3) is 5.76 Å². The number of methoxy groups -OCH3 is 1. The van der Waals surface area contributed by atoms with Crippen molar-refractivity contribution in [3.63, 3.8) is 0 Å². The summed E-state index contributed by atoms with van der Waals surface area (Å²) in [7, 11) is 1.56. The Kier molecular flexibility index (Phi) is 7.49. The van der Waals surface area contributed by atoms with Gasteiger partial charge in [0.25, 0.3) is 11.7 Å². The molecule has 2 heterocycles. The molecule has 1 atom stereocenters. The van der Waals surface area contributed by atoms with Gasteiger partial charge in [-0.3, -0.25) is 14.5 Å². The molecule has 1 N–H and O–H groups in total. The Morgan fingerprint density at radius 3 is 2.47 bits per heavy atom. The van der Waals surface area contributed by atoms with Crippen LogP contribution in [0.15, 0.2) is 54.1 Å². The number of morpholine rings is 1. The summed E-state index contributed by atoms with van der Waals surface area (Å²) in [6.45, 7) is 6.23. The zero-order valence-corrected chi connectivity index (χ0v) is 19.5. The van der Waals surface area contributed by atoms with Crippen molar-refractivity contribution in [2.75, 3.05) is 53.1 Å². The van der Waals surface area contributed by atoms with Crippen LogP contribution in [-0.2, 0) is 14.3 Å². The molecule has 1 amide bonds.